The summed E-state index contributed by atoms with van der Waals surface area (Å²) in [5, 5.41) is 13.3. The maximum atomic E-state index is 12.7. The molecule has 0 radical (unpaired) electrons. The minimum absolute atomic E-state index is 0.0735. The first-order valence-electron chi connectivity index (χ1n) is 9.15. The summed E-state index contributed by atoms with van der Waals surface area (Å²) in [6.07, 6.45) is 1.38. The van der Waals surface area contributed by atoms with Gasteiger partial charge in [0.15, 0.2) is 5.75 Å². The molecule has 1 fully saturated rings. The van der Waals surface area contributed by atoms with Crippen LogP contribution in [0.15, 0.2) is 41.3 Å². The number of rotatable bonds is 6. The smallest absolute Gasteiger partial charge is 0.311 e. The molecule has 9 nitrogen and oxygen atoms in total. The van der Waals surface area contributed by atoms with E-state index in [4.69, 9.17) is 4.74 Å². The Morgan fingerprint density at radius 1 is 1.23 bits per heavy atom. The Kier molecular flexibility index (Phi) is 6.40. The summed E-state index contributed by atoms with van der Waals surface area (Å²) < 4.78 is 4.95. The summed E-state index contributed by atoms with van der Waals surface area (Å²) in [4.78, 5) is 48.9. The molecule has 0 atom stereocenters. The van der Waals surface area contributed by atoms with Crippen LogP contribution >= 0.6 is 11.8 Å². The fraction of sp³-hybridized carbons (Fsp3) is 0.190. The lowest BCUT2D eigenvalue weighted by Crippen LogP contribution is -2.36. The van der Waals surface area contributed by atoms with Gasteiger partial charge in [0.1, 0.15) is 6.54 Å². The van der Waals surface area contributed by atoms with E-state index in [0.29, 0.717) is 23.0 Å². The van der Waals surface area contributed by atoms with Gasteiger partial charge in [0.2, 0.25) is 5.91 Å². The van der Waals surface area contributed by atoms with Gasteiger partial charge in [0.25, 0.3) is 11.1 Å². The van der Waals surface area contributed by atoms with Gasteiger partial charge in [-0.2, -0.15) is 0 Å². The molecule has 0 bridgehead atoms. The van der Waals surface area contributed by atoms with Gasteiger partial charge in [-0.15, -0.1) is 0 Å². The van der Waals surface area contributed by atoms with E-state index >= 15 is 0 Å². The number of thioether (sulfide) groups is 1. The van der Waals surface area contributed by atoms with Crippen molar-refractivity contribution in [3.05, 3.63) is 68.1 Å². The fourth-order valence-corrected chi connectivity index (χ4v) is 3.90. The number of carbonyl (C=O) groups excluding carboxylic acids is 3. The van der Waals surface area contributed by atoms with Gasteiger partial charge < -0.3 is 10.1 Å². The number of ether oxygens (including phenoxy) is 1. The average molecular weight is 441 g/mol. The molecular weight excluding hydrogens is 422 g/mol. The molecule has 10 heteroatoms. The third-order valence-electron chi connectivity index (χ3n) is 4.62. The molecule has 0 spiro atoms. The van der Waals surface area contributed by atoms with Crippen molar-refractivity contribution < 1.29 is 24.0 Å². The van der Waals surface area contributed by atoms with E-state index in [9.17, 15) is 24.5 Å². The second kappa shape index (κ2) is 9.00. The number of anilines is 1. The highest BCUT2D eigenvalue weighted by Crippen LogP contribution is 2.34. The Bertz CT molecular complexity index is 1110. The van der Waals surface area contributed by atoms with E-state index in [1.54, 1.807) is 0 Å². The van der Waals surface area contributed by atoms with Gasteiger partial charge in [-0.1, -0.05) is 24.3 Å². The first-order chi connectivity index (χ1) is 14.7. The highest BCUT2D eigenvalue weighted by Gasteiger charge is 2.36. The van der Waals surface area contributed by atoms with Gasteiger partial charge in [-0.05, 0) is 54.4 Å². The second-order valence-corrected chi connectivity index (χ2v) is 7.76. The first-order valence-corrected chi connectivity index (χ1v) is 9.96. The SMILES string of the molecule is COc1ccc(/C=C2/SC(=O)N(CC(=O)Nc3c(C)cccc3C)C2=O)cc1[N+](=O)[O-]. The lowest BCUT2D eigenvalue weighted by molar-refractivity contribution is -0.385. The van der Waals surface area contributed by atoms with Crippen LogP contribution in [0.2, 0.25) is 0 Å². The minimum atomic E-state index is -0.634. The van der Waals surface area contributed by atoms with E-state index < -0.39 is 28.5 Å². The van der Waals surface area contributed by atoms with Gasteiger partial charge in [0, 0.05) is 11.8 Å². The average Bonchev–Trinajstić information content (AvgIpc) is 2.98. The zero-order chi connectivity index (χ0) is 22.7. The van der Waals surface area contributed by atoms with Crippen molar-refractivity contribution in [2.24, 2.45) is 0 Å². The van der Waals surface area contributed by atoms with Crippen molar-refractivity contribution in [2.45, 2.75) is 13.8 Å². The Balaban J connectivity index is 1.77. The third kappa shape index (κ3) is 4.75. The molecule has 1 aliphatic rings. The zero-order valence-corrected chi connectivity index (χ0v) is 17.8. The quantitative estimate of drug-likeness (QED) is 0.410. The molecule has 1 heterocycles. The van der Waals surface area contributed by atoms with Crippen molar-refractivity contribution in [2.75, 3.05) is 19.0 Å². The van der Waals surface area contributed by atoms with E-state index in [2.05, 4.69) is 5.32 Å². The Morgan fingerprint density at radius 2 is 1.90 bits per heavy atom. The van der Waals surface area contributed by atoms with E-state index in [-0.39, 0.29) is 16.3 Å². The molecule has 160 valence electrons. The number of nitrogens with one attached hydrogen (secondary N) is 1. The molecule has 31 heavy (non-hydrogen) atoms. The summed E-state index contributed by atoms with van der Waals surface area (Å²) >= 11 is 0.673. The summed E-state index contributed by atoms with van der Waals surface area (Å²) in [6, 6.07) is 9.75. The minimum Gasteiger partial charge on any atom is -0.490 e. The number of hydrogen-bond acceptors (Lipinski definition) is 7. The number of methoxy groups -OCH3 is 1. The van der Waals surface area contributed by atoms with Crippen molar-refractivity contribution in [3.63, 3.8) is 0 Å². The van der Waals surface area contributed by atoms with Crippen LogP contribution in [0.4, 0.5) is 16.2 Å². The number of hydrogen-bond donors (Lipinski definition) is 1. The molecule has 2 aromatic rings. The Morgan fingerprint density at radius 3 is 2.52 bits per heavy atom. The lowest BCUT2D eigenvalue weighted by Gasteiger charge is -2.15. The summed E-state index contributed by atoms with van der Waals surface area (Å²) in [6.45, 7) is 3.26. The standard InChI is InChI=1S/C21H19N3O6S/c1-12-5-4-6-13(2)19(12)22-18(25)11-23-20(26)17(31-21(23)27)10-14-7-8-16(30-3)15(9-14)24(28)29/h4-10H,11H2,1-3H3,(H,22,25)/b17-10+. The summed E-state index contributed by atoms with van der Waals surface area (Å²) in [5.41, 5.74) is 2.47. The number of para-hydroxylation sites is 1. The molecule has 0 saturated carbocycles. The predicted octanol–water partition coefficient (Wildman–Crippen LogP) is 3.90. The highest BCUT2D eigenvalue weighted by molar-refractivity contribution is 8.18. The molecule has 0 aromatic heterocycles. The molecule has 3 rings (SSSR count). The Labute approximate surface area is 182 Å². The molecule has 1 saturated heterocycles. The van der Waals surface area contributed by atoms with Crippen LogP contribution < -0.4 is 10.1 Å². The molecule has 0 aliphatic carbocycles. The van der Waals surface area contributed by atoms with Crippen LogP contribution in [0.3, 0.4) is 0 Å². The molecule has 1 aliphatic heterocycles. The van der Waals surface area contributed by atoms with E-state index in [0.717, 1.165) is 16.0 Å². The highest BCUT2D eigenvalue weighted by atomic mass is 32.2. The van der Waals surface area contributed by atoms with Crippen molar-refractivity contribution in [3.8, 4) is 5.75 Å². The van der Waals surface area contributed by atoms with Crippen LogP contribution in [0, 0.1) is 24.0 Å². The number of amides is 3. The van der Waals surface area contributed by atoms with Crippen LogP contribution in [0.25, 0.3) is 6.08 Å². The van der Waals surface area contributed by atoms with E-state index in [1.165, 1.54) is 31.4 Å². The fourth-order valence-electron chi connectivity index (χ4n) is 3.06. The number of benzene rings is 2. The van der Waals surface area contributed by atoms with Crippen LogP contribution in [0.5, 0.6) is 5.75 Å². The predicted molar refractivity (Wildman–Crippen MR) is 117 cm³/mol. The monoisotopic (exact) mass is 441 g/mol. The van der Waals surface area contributed by atoms with Gasteiger partial charge in [-0.25, -0.2) is 0 Å². The molecule has 0 unspecified atom stereocenters. The zero-order valence-electron chi connectivity index (χ0n) is 17.0. The third-order valence-corrected chi connectivity index (χ3v) is 5.53. The Hall–Kier alpha value is -3.66. The first kappa shape index (κ1) is 22.0. The number of nitrogens with zero attached hydrogens (tertiary/aromatic N) is 2. The second-order valence-electron chi connectivity index (χ2n) is 6.77. The number of imide groups is 1. The topological polar surface area (TPSA) is 119 Å². The van der Waals surface area contributed by atoms with Gasteiger partial charge in [0.05, 0.1) is 16.9 Å². The van der Waals surface area contributed by atoms with Crippen molar-refractivity contribution in [1.29, 1.82) is 0 Å². The largest absolute Gasteiger partial charge is 0.490 e. The van der Waals surface area contributed by atoms with Gasteiger partial charge >= 0.3 is 5.69 Å². The van der Waals surface area contributed by atoms with Crippen LogP contribution in [0.1, 0.15) is 16.7 Å². The van der Waals surface area contributed by atoms with E-state index in [1.807, 2.05) is 32.0 Å². The van der Waals surface area contributed by atoms with Gasteiger partial charge in [-0.3, -0.25) is 29.4 Å². The molecular formula is C21H19N3O6S. The molecule has 1 N–H and O–H groups in total. The number of nitro groups is 1. The molecule has 3 amide bonds. The number of aryl methyl sites for hydroxylation is 2. The summed E-state index contributed by atoms with van der Waals surface area (Å²) in [7, 11) is 1.32. The van der Waals surface area contributed by atoms with Crippen molar-refractivity contribution >= 4 is 46.3 Å². The van der Waals surface area contributed by atoms with Crippen LogP contribution in [-0.4, -0.2) is 40.5 Å². The summed E-state index contributed by atoms with van der Waals surface area (Å²) in [5.74, 6) is -1.05. The molecule has 2 aromatic carbocycles. The van der Waals surface area contributed by atoms with Crippen LogP contribution in [-0.2, 0) is 9.59 Å². The van der Waals surface area contributed by atoms with Crippen molar-refractivity contribution in [1.82, 2.24) is 4.90 Å². The number of carbonyl (C=O) groups is 3. The normalized spacial score (nSPS) is 14.8. The number of nitro benzene ring substituents is 1. The maximum Gasteiger partial charge on any atom is 0.311 e. The lowest BCUT2D eigenvalue weighted by atomic mass is 10.1. The maximum absolute atomic E-state index is 12.7.